The van der Waals surface area contributed by atoms with Crippen molar-refractivity contribution in [2.45, 2.75) is 32.7 Å². The molecule has 0 heterocycles. The third-order valence-corrected chi connectivity index (χ3v) is 3.15. The molecule has 15 heavy (non-hydrogen) atoms. The van der Waals surface area contributed by atoms with Crippen molar-refractivity contribution in [1.29, 1.82) is 0 Å². The van der Waals surface area contributed by atoms with E-state index in [9.17, 15) is 0 Å². The van der Waals surface area contributed by atoms with Crippen LogP contribution in [0.25, 0.3) is 0 Å². The summed E-state index contributed by atoms with van der Waals surface area (Å²) >= 11 is 12.0. The average Bonchev–Trinajstić information content (AvgIpc) is 2.11. The van der Waals surface area contributed by atoms with E-state index >= 15 is 0 Å². The molecule has 0 radical (unpaired) electrons. The molecule has 0 saturated carbocycles. The fourth-order valence-corrected chi connectivity index (χ4v) is 2.07. The van der Waals surface area contributed by atoms with E-state index in [1.165, 1.54) is 0 Å². The van der Waals surface area contributed by atoms with Gasteiger partial charge in [-0.2, -0.15) is 0 Å². The van der Waals surface area contributed by atoms with Gasteiger partial charge < -0.3 is 5.73 Å². The van der Waals surface area contributed by atoms with Crippen molar-refractivity contribution in [3.8, 4) is 0 Å². The Hall–Kier alpha value is -0.240. The quantitative estimate of drug-likeness (QED) is 0.856. The van der Waals surface area contributed by atoms with Gasteiger partial charge in [0.1, 0.15) is 0 Å². The third-order valence-electron chi connectivity index (χ3n) is 2.29. The lowest BCUT2D eigenvalue weighted by molar-refractivity contribution is 0.493. The monoisotopic (exact) mass is 245 g/mol. The molecule has 0 saturated heterocycles. The summed E-state index contributed by atoms with van der Waals surface area (Å²) in [7, 11) is 0. The first-order valence-electron chi connectivity index (χ1n) is 5.19. The number of benzene rings is 1. The maximum atomic E-state index is 6.09. The van der Waals surface area contributed by atoms with Crippen molar-refractivity contribution < 1.29 is 0 Å². The topological polar surface area (TPSA) is 26.0 Å². The highest BCUT2D eigenvalue weighted by atomic mass is 35.5. The van der Waals surface area contributed by atoms with Gasteiger partial charge in [-0.25, -0.2) is 0 Å². The second-order valence-electron chi connectivity index (χ2n) is 4.31. The summed E-state index contributed by atoms with van der Waals surface area (Å²) in [6.07, 6.45) is 1.79. The summed E-state index contributed by atoms with van der Waals surface area (Å²) in [6, 6.07) is 5.84. The molecule has 2 N–H and O–H groups in total. The van der Waals surface area contributed by atoms with Gasteiger partial charge in [0.2, 0.25) is 0 Å². The zero-order chi connectivity index (χ0) is 11.4. The molecular formula is C12H17Cl2N. The Labute approximate surface area is 102 Å². The molecule has 84 valence electrons. The molecule has 3 heteroatoms. The summed E-state index contributed by atoms with van der Waals surface area (Å²) in [5, 5.41) is 1.24. The average molecular weight is 246 g/mol. The van der Waals surface area contributed by atoms with Crippen LogP contribution in [0.2, 0.25) is 10.0 Å². The van der Waals surface area contributed by atoms with Crippen molar-refractivity contribution in [3.05, 3.63) is 33.8 Å². The van der Waals surface area contributed by atoms with Crippen LogP contribution < -0.4 is 5.73 Å². The van der Waals surface area contributed by atoms with Crippen molar-refractivity contribution in [3.63, 3.8) is 0 Å². The third kappa shape index (κ3) is 4.02. The minimum Gasteiger partial charge on any atom is -0.327 e. The maximum absolute atomic E-state index is 6.09. The lowest BCUT2D eigenvalue weighted by Crippen LogP contribution is -2.24. The molecule has 0 aliphatic heterocycles. The summed E-state index contributed by atoms with van der Waals surface area (Å²) in [5.74, 6) is 0.609. The van der Waals surface area contributed by atoms with Crippen LogP contribution in [-0.4, -0.2) is 6.04 Å². The van der Waals surface area contributed by atoms with Crippen molar-refractivity contribution in [2.24, 2.45) is 11.7 Å². The molecule has 0 aliphatic carbocycles. The second-order valence-corrected chi connectivity index (χ2v) is 5.09. The molecule has 1 aromatic carbocycles. The van der Waals surface area contributed by atoms with Crippen LogP contribution in [0.5, 0.6) is 0 Å². The molecule has 1 aromatic rings. The van der Waals surface area contributed by atoms with Crippen LogP contribution in [0.3, 0.4) is 0 Å². The number of hydrogen-bond donors (Lipinski definition) is 1. The molecule has 0 aromatic heterocycles. The van der Waals surface area contributed by atoms with Crippen LogP contribution in [0.1, 0.15) is 25.8 Å². The molecule has 0 spiro atoms. The van der Waals surface area contributed by atoms with Gasteiger partial charge in [0.25, 0.3) is 0 Å². The second kappa shape index (κ2) is 5.74. The molecule has 1 nitrogen and oxygen atoms in total. The highest BCUT2D eigenvalue weighted by Gasteiger charge is 2.10. The summed E-state index contributed by atoms with van der Waals surface area (Å²) in [6.45, 7) is 4.33. The van der Waals surface area contributed by atoms with Gasteiger partial charge in [-0.05, 0) is 30.4 Å². The Morgan fingerprint density at radius 3 is 2.53 bits per heavy atom. The highest BCUT2D eigenvalue weighted by molar-refractivity contribution is 6.42. The minimum absolute atomic E-state index is 0.154. The van der Waals surface area contributed by atoms with E-state index in [0.717, 1.165) is 18.4 Å². The summed E-state index contributed by atoms with van der Waals surface area (Å²) in [4.78, 5) is 0. The first-order chi connectivity index (χ1) is 7.00. The van der Waals surface area contributed by atoms with Gasteiger partial charge in [-0.15, -0.1) is 0 Å². The number of rotatable bonds is 4. The van der Waals surface area contributed by atoms with E-state index in [1.54, 1.807) is 6.07 Å². The van der Waals surface area contributed by atoms with E-state index in [-0.39, 0.29) is 6.04 Å². The molecule has 0 bridgehead atoms. The zero-order valence-corrected chi connectivity index (χ0v) is 10.6. The molecule has 1 unspecified atom stereocenters. The Morgan fingerprint density at radius 1 is 1.27 bits per heavy atom. The van der Waals surface area contributed by atoms with Gasteiger partial charge in [-0.1, -0.05) is 49.2 Å². The van der Waals surface area contributed by atoms with Crippen molar-refractivity contribution in [2.75, 3.05) is 0 Å². The molecular weight excluding hydrogens is 229 g/mol. The first-order valence-corrected chi connectivity index (χ1v) is 5.94. The number of halogens is 2. The summed E-state index contributed by atoms with van der Waals surface area (Å²) < 4.78 is 0. The van der Waals surface area contributed by atoms with Crippen LogP contribution >= 0.6 is 23.2 Å². The van der Waals surface area contributed by atoms with Gasteiger partial charge in [-0.3, -0.25) is 0 Å². The highest BCUT2D eigenvalue weighted by Crippen LogP contribution is 2.26. The standard InChI is InChI=1S/C12H17Cl2N/c1-8(2)6-10(15)7-9-4-3-5-11(13)12(9)14/h3-5,8,10H,6-7,15H2,1-2H3. The molecule has 0 amide bonds. The van der Waals surface area contributed by atoms with E-state index in [1.807, 2.05) is 12.1 Å². The predicted molar refractivity (Wildman–Crippen MR) is 67.6 cm³/mol. The zero-order valence-electron chi connectivity index (χ0n) is 9.13. The van der Waals surface area contributed by atoms with Crippen LogP contribution in [-0.2, 0) is 6.42 Å². The maximum Gasteiger partial charge on any atom is 0.0624 e. The Morgan fingerprint density at radius 2 is 1.93 bits per heavy atom. The van der Waals surface area contributed by atoms with E-state index in [4.69, 9.17) is 28.9 Å². The molecule has 0 fully saturated rings. The van der Waals surface area contributed by atoms with E-state index in [2.05, 4.69) is 13.8 Å². The number of nitrogens with two attached hydrogens (primary N) is 1. The van der Waals surface area contributed by atoms with Crippen molar-refractivity contribution in [1.82, 2.24) is 0 Å². The van der Waals surface area contributed by atoms with E-state index in [0.29, 0.717) is 16.0 Å². The Bertz CT molecular complexity index is 323. The first kappa shape index (κ1) is 12.8. The predicted octanol–water partition coefficient (Wildman–Crippen LogP) is 3.91. The Kier molecular flexibility index (Phi) is 4.91. The minimum atomic E-state index is 0.154. The van der Waals surface area contributed by atoms with Gasteiger partial charge in [0, 0.05) is 6.04 Å². The largest absolute Gasteiger partial charge is 0.327 e. The fourth-order valence-electron chi connectivity index (χ4n) is 1.68. The van der Waals surface area contributed by atoms with Gasteiger partial charge in [0.15, 0.2) is 0 Å². The van der Waals surface area contributed by atoms with Crippen LogP contribution in [0.4, 0.5) is 0 Å². The lowest BCUT2D eigenvalue weighted by Gasteiger charge is -2.15. The van der Waals surface area contributed by atoms with E-state index < -0.39 is 0 Å². The van der Waals surface area contributed by atoms with Gasteiger partial charge >= 0.3 is 0 Å². The lowest BCUT2D eigenvalue weighted by atomic mass is 9.98. The number of hydrogen-bond acceptors (Lipinski definition) is 1. The van der Waals surface area contributed by atoms with Gasteiger partial charge in [0.05, 0.1) is 10.0 Å². The van der Waals surface area contributed by atoms with Crippen molar-refractivity contribution >= 4 is 23.2 Å². The van der Waals surface area contributed by atoms with Crippen LogP contribution in [0, 0.1) is 5.92 Å². The smallest absolute Gasteiger partial charge is 0.0624 e. The summed E-state index contributed by atoms with van der Waals surface area (Å²) in [5.41, 5.74) is 7.06. The molecule has 0 aliphatic rings. The molecule has 1 rings (SSSR count). The fraction of sp³-hybridized carbons (Fsp3) is 0.500. The van der Waals surface area contributed by atoms with Crippen LogP contribution in [0.15, 0.2) is 18.2 Å². The Balaban J connectivity index is 2.68. The SMILES string of the molecule is CC(C)CC(N)Cc1cccc(Cl)c1Cl. The normalized spacial score (nSPS) is 13.2. The molecule has 1 atom stereocenters.